The summed E-state index contributed by atoms with van der Waals surface area (Å²) in [6.07, 6.45) is 2.16. The van der Waals surface area contributed by atoms with E-state index in [0.29, 0.717) is 11.8 Å². The molecule has 0 aromatic carbocycles. The van der Waals surface area contributed by atoms with Crippen LogP contribution in [-0.4, -0.2) is 19.5 Å². The van der Waals surface area contributed by atoms with E-state index in [1.165, 1.54) is 0 Å². The van der Waals surface area contributed by atoms with Crippen molar-refractivity contribution in [3.8, 4) is 0 Å². The van der Waals surface area contributed by atoms with Gasteiger partial charge in [0.15, 0.2) is 0 Å². The fraction of sp³-hybridized carbons (Fsp3) is 0.857. The van der Waals surface area contributed by atoms with Gasteiger partial charge in [-0.3, -0.25) is 0 Å². The Bertz CT molecular complexity index is 133. The number of hydrogen-bond acceptors (Lipinski definition) is 2. The number of fused-ring (bicyclic) bond motifs is 1. The lowest BCUT2D eigenvalue weighted by molar-refractivity contribution is -0.116. The maximum absolute atomic E-state index is 10.3. The Morgan fingerprint density at radius 3 is 3.00 bits per heavy atom. The molecule has 1 heterocycles. The van der Waals surface area contributed by atoms with Crippen LogP contribution in [0.25, 0.3) is 0 Å². The second kappa shape index (κ2) is 1.81. The van der Waals surface area contributed by atoms with Crippen LogP contribution in [0.3, 0.4) is 0 Å². The molecule has 0 aromatic rings. The molecule has 0 spiro atoms. The van der Waals surface area contributed by atoms with Gasteiger partial charge in [0.05, 0.1) is 6.61 Å². The molecule has 1 aliphatic heterocycles. The molecule has 50 valence electrons. The summed E-state index contributed by atoms with van der Waals surface area (Å²) in [4.78, 5) is 10.3. The van der Waals surface area contributed by atoms with E-state index in [1.54, 1.807) is 0 Å². The molecule has 0 radical (unpaired) electrons. The molecule has 0 aromatic heterocycles. The number of ether oxygens (including phenoxy) is 1. The first kappa shape index (κ1) is 5.42. The largest absolute Gasteiger partial charge is 0.381 e. The minimum Gasteiger partial charge on any atom is -0.381 e. The van der Waals surface area contributed by atoms with Crippen molar-refractivity contribution < 1.29 is 9.53 Å². The van der Waals surface area contributed by atoms with E-state index in [0.717, 1.165) is 31.8 Å². The van der Waals surface area contributed by atoms with E-state index in [4.69, 9.17) is 4.74 Å². The first-order valence-electron chi connectivity index (χ1n) is 3.45. The second-order valence-corrected chi connectivity index (χ2v) is 3.00. The van der Waals surface area contributed by atoms with Gasteiger partial charge in [-0.25, -0.2) is 0 Å². The molecule has 3 atom stereocenters. The van der Waals surface area contributed by atoms with Crippen LogP contribution in [-0.2, 0) is 9.53 Å². The molecule has 1 aliphatic carbocycles. The Kier molecular flexibility index (Phi) is 1.09. The monoisotopic (exact) mass is 126 g/mol. The van der Waals surface area contributed by atoms with Crippen molar-refractivity contribution in [1.29, 1.82) is 0 Å². The number of carbonyl (C=O) groups excluding carboxylic acids is 1. The molecule has 1 saturated heterocycles. The molecule has 2 fully saturated rings. The van der Waals surface area contributed by atoms with Gasteiger partial charge < -0.3 is 9.53 Å². The van der Waals surface area contributed by atoms with Gasteiger partial charge in [-0.1, -0.05) is 0 Å². The maximum atomic E-state index is 10.3. The lowest BCUT2D eigenvalue weighted by Crippen LogP contribution is -2.36. The summed E-state index contributed by atoms with van der Waals surface area (Å²) in [7, 11) is 0. The Morgan fingerprint density at radius 1 is 1.44 bits per heavy atom. The lowest BCUT2D eigenvalue weighted by Gasteiger charge is -2.34. The van der Waals surface area contributed by atoms with Crippen molar-refractivity contribution in [3.05, 3.63) is 0 Å². The normalized spacial score (nSPS) is 47.8. The van der Waals surface area contributed by atoms with Crippen molar-refractivity contribution in [1.82, 2.24) is 0 Å². The summed E-state index contributed by atoms with van der Waals surface area (Å²) in [5, 5.41) is 0. The first-order valence-corrected chi connectivity index (χ1v) is 3.45. The fourth-order valence-electron chi connectivity index (χ4n) is 1.82. The summed E-state index contributed by atoms with van der Waals surface area (Å²) < 4.78 is 5.20. The number of aldehydes is 1. The van der Waals surface area contributed by atoms with Gasteiger partial charge in [0.1, 0.15) is 6.29 Å². The van der Waals surface area contributed by atoms with Crippen LogP contribution < -0.4 is 0 Å². The first-order chi connectivity index (χ1) is 4.42. The summed E-state index contributed by atoms with van der Waals surface area (Å²) >= 11 is 0. The highest BCUT2D eigenvalue weighted by Gasteiger charge is 2.44. The summed E-state index contributed by atoms with van der Waals surface area (Å²) in [6, 6.07) is 0. The van der Waals surface area contributed by atoms with E-state index in [2.05, 4.69) is 0 Å². The Balaban J connectivity index is 2.00. The van der Waals surface area contributed by atoms with Gasteiger partial charge in [0, 0.05) is 12.5 Å². The van der Waals surface area contributed by atoms with E-state index >= 15 is 0 Å². The van der Waals surface area contributed by atoms with Gasteiger partial charge >= 0.3 is 0 Å². The zero-order valence-electron chi connectivity index (χ0n) is 5.25. The summed E-state index contributed by atoms with van der Waals surface area (Å²) in [5.74, 6) is 1.64. The second-order valence-electron chi connectivity index (χ2n) is 3.00. The molecule has 2 rings (SSSR count). The SMILES string of the molecule is O=CC1CC2COCC12. The van der Waals surface area contributed by atoms with Gasteiger partial charge in [-0.2, -0.15) is 0 Å². The van der Waals surface area contributed by atoms with Gasteiger partial charge in [-0.15, -0.1) is 0 Å². The Hall–Kier alpha value is -0.370. The van der Waals surface area contributed by atoms with Crippen LogP contribution in [0.1, 0.15) is 6.42 Å². The topological polar surface area (TPSA) is 26.3 Å². The zero-order valence-corrected chi connectivity index (χ0v) is 5.25. The molecule has 0 bridgehead atoms. The van der Waals surface area contributed by atoms with Gasteiger partial charge in [0.2, 0.25) is 0 Å². The van der Waals surface area contributed by atoms with Crippen molar-refractivity contribution in [2.75, 3.05) is 13.2 Å². The third kappa shape index (κ3) is 0.628. The average Bonchev–Trinajstić information content (AvgIpc) is 2.14. The van der Waals surface area contributed by atoms with Crippen molar-refractivity contribution in [2.45, 2.75) is 6.42 Å². The predicted molar refractivity (Wildman–Crippen MR) is 32.0 cm³/mol. The molecule has 2 heteroatoms. The number of carbonyl (C=O) groups is 1. The smallest absolute Gasteiger partial charge is 0.123 e. The van der Waals surface area contributed by atoms with Crippen LogP contribution in [0.2, 0.25) is 0 Å². The lowest BCUT2D eigenvalue weighted by atomic mass is 9.67. The maximum Gasteiger partial charge on any atom is 0.123 e. The highest BCUT2D eigenvalue weighted by Crippen LogP contribution is 2.43. The number of hydrogen-bond donors (Lipinski definition) is 0. The standard InChI is InChI=1S/C7H10O2/c8-2-5-1-6-3-9-4-7(5)6/h2,5-7H,1,3-4H2. The Labute approximate surface area is 54.2 Å². The van der Waals surface area contributed by atoms with Gasteiger partial charge in [0.25, 0.3) is 0 Å². The van der Waals surface area contributed by atoms with Crippen LogP contribution in [0.4, 0.5) is 0 Å². The van der Waals surface area contributed by atoms with Crippen LogP contribution in [0, 0.1) is 17.8 Å². The van der Waals surface area contributed by atoms with E-state index in [-0.39, 0.29) is 0 Å². The van der Waals surface area contributed by atoms with Crippen molar-refractivity contribution in [3.63, 3.8) is 0 Å². The molecular weight excluding hydrogens is 116 g/mol. The quantitative estimate of drug-likeness (QED) is 0.477. The predicted octanol–water partition coefficient (Wildman–Crippen LogP) is 0.468. The molecular formula is C7H10O2. The van der Waals surface area contributed by atoms with Crippen LogP contribution in [0.15, 0.2) is 0 Å². The molecule has 9 heavy (non-hydrogen) atoms. The fourth-order valence-corrected chi connectivity index (χ4v) is 1.82. The Morgan fingerprint density at radius 2 is 2.33 bits per heavy atom. The number of rotatable bonds is 1. The van der Waals surface area contributed by atoms with Crippen molar-refractivity contribution in [2.24, 2.45) is 17.8 Å². The third-order valence-corrected chi connectivity index (χ3v) is 2.55. The minimum atomic E-state index is 0.331. The van der Waals surface area contributed by atoms with Crippen LogP contribution in [0.5, 0.6) is 0 Å². The molecule has 1 saturated carbocycles. The minimum absolute atomic E-state index is 0.331. The molecule has 2 nitrogen and oxygen atoms in total. The zero-order chi connectivity index (χ0) is 6.27. The van der Waals surface area contributed by atoms with Gasteiger partial charge in [-0.05, 0) is 18.3 Å². The molecule has 0 N–H and O–H groups in total. The third-order valence-electron chi connectivity index (χ3n) is 2.55. The summed E-state index contributed by atoms with van der Waals surface area (Å²) in [6.45, 7) is 1.73. The van der Waals surface area contributed by atoms with Crippen LogP contribution >= 0.6 is 0 Å². The van der Waals surface area contributed by atoms with Crippen molar-refractivity contribution >= 4 is 6.29 Å². The molecule has 2 aliphatic rings. The van der Waals surface area contributed by atoms with E-state index in [1.807, 2.05) is 0 Å². The average molecular weight is 126 g/mol. The highest BCUT2D eigenvalue weighted by molar-refractivity contribution is 5.56. The molecule has 3 unspecified atom stereocenters. The van der Waals surface area contributed by atoms with E-state index < -0.39 is 0 Å². The highest BCUT2D eigenvalue weighted by atomic mass is 16.5. The molecule has 0 amide bonds. The van der Waals surface area contributed by atoms with E-state index in [9.17, 15) is 4.79 Å². The summed E-state index contributed by atoms with van der Waals surface area (Å²) in [5.41, 5.74) is 0.